The molecule has 1 aliphatic heterocycles. The fourth-order valence-electron chi connectivity index (χ4n) is 2.38. The highest BCUT2D eigenvalue weighted by Gasteiger charge is 2.23. The van der Waals surface area contributed by atoms with Gasteiger partial charge in [0.15, 0.2) is 0 Å². The number of anilines is 2. The standard InChI is InChI=1S/C10H16N8/c1-16-10(12-14-15-16)17-5-2-8(3-6-17)18-7-4-9(11)13-18/h4,7-8H,2-3,5-6H2,1H3,(H2,11,13). The number of nitrogen functional groups attached to an aromatic ring is 1. The van der Waals surface area contributed by atoms with E-state index >= 15 is 0 Å². The number of hydrogen-bond donors (Lipinski definition) is 1. The topological polar surface area (TPSA) is 90.7 Å². The van der Waals surface area contributed by atoms with Gasteiger partial charge in [-0.25, -0.2) is 4.68 Å². The second kappa shape index (κ2) is 4.28. The molecule has 0 bridgehead atoms. The van der Waals surface area contributed by atoms with Crippen LogP contribution in [0, 0.1) is 0 Å². The third kappa shape index (κ3) is 1.89. The summed E-state index contributed by atoms with van der Waals surface area (Å²) in [6.07, 6.45) is 3.99. The molecule has 1 fully saturated rings. The van der Waals surface area contributed by atoms with Gasteiger partial charge >= 0.3 is 0 Å². The molecule has 0 spiro atoms. The Bertz CT molecular complexity index is 521. The number of aromatic nitrogens is 6. The van der Waals surface area contributed by atoms with E-state index in [4.69, 9.17) is 5.73 Å². The molecule has 0 unspecified atom stereocenters. The average molecular weight is 248 g/mol. The van der Waals surface area contributed by atoms with Crippen molar-refractivity contribution in [1.29, 1.82) is 0 Å². The van der Waals surface area contributed by atoms with Crippen LogP contribution in [0.4, 0.5) is 11.8 Å². The molecule has 1 saturated heterocycles. The molecule has 2 aromatic heterocycles. The third-order valence-electron chi connectivity index (χ3n) is 3.35. The Balaban J connectivity index is 1.66. The van der Waals surface area contributed by atoms with Crippen LogP contribution >= 0.6 is 0 Å². The zero-order chi connectivity index (χ0) is 12.5. The molecular formula is C10H16N8. The van der Waals surface area contributed by atoms with E-state index in [1.807, 2.05) is 24.0 Å². The lowest BCUT2D eigenvalue weighted by molar-refractivity contribution is 0.364. The van der Waals surface area contributed by atoms with Crippen LogP contribution in [-0.2, 0) is 7.05 Å². The highest BCUT2D eigenvalue weighted by molar-refractivity contribution is 5.28. The Kier molecular flexibility index (Phi) is 2.62. The number of aryl methyl sites for hydroxylation is 1. The van der Waals surface area contributed by atoms with E-state index in [-0.39, 0.29) is 0 Å². The quantitative estimate of drug-likeness (QED) is 0.793. The fraction of sp³-hybridized carbons (Fsp3) is 0.600. The van der Waals surface area contributed by atoms with Gasteiger partial charge in [-0.1, -0.05) is 5.10 Å². The molecule has 8 heteroatoms. The molecule has 0 aliphatic carbocycles. The van der Waals surface area contributed by atoms with Crippen molar-refractivity contribution < 1.29 is 0 Å². The van der Waals surface area contributed by atoms with Crippen molar-refractivity contribution >= 4 is 11.8 Å². The van der Waals surface area contributed by atoms with Crippen LogP contribution in [0.3, 0.4) is 0 Å². The van der Waals surface area contributed by atoms with Gasteiger partial charge in [0.2, 0.25) is 5.95 Å². The smallest absolute Gasteiger partial charge is 0.245 e. The second-order valence-electron chi connectivity index (χ2n) is 4.54. The predicted octanol–water partition coefficient (Wildman–Crippen LogP) is -0.170. The maximum Gasteiger partial charge on any atom is 0.245 e. The second-order valence-corrected chi connectivity index (χ2v) is 4.54. The lowest BCUT2D eigenvalue weighted by Crippen LogP contribution is -2.36. The van der Waals surface area contributed by atoms with E-state index in [0.29, 0.717) is 11.9 Å². The molecule has 3 heterocycles. The highest BCUT2D eigenvalue weighted by atomic mass is 15.6. The minimum Gasteiger partial charge on any atom is -0.382 e. The van der Waals surface area contributed by atoms with Crippen LogP contribution in [-0.4, -0.2) is 43.1 Å². The van der Waals surface area contributed by atoms with Crippen molar-refractivity contribution in [2.45, 2.75) is 18.9 Å². The summed E-state index contributed by atoms with van der Waals surface area (Å²) < 4.78 is 3.66. The Morgan fingerprint density at radius 1 is 1.33 bits per heavy atom. The first-order chi connectivity index (χ1) is 8.74. The molecular weight excluding hydrogens is 232 g/mol. The van der Waals surface area contributed by atoms with Crippen LogP contribution in [0.2, 0.25) is 0 Å². The van der Waals surface area contributed by atoms with Crippen LogP contribution in [0.5, 0.6) is 0 Å². The van der Waals surface area contributed by atoms with Crippen molar-refractivity contribution in [2.75, 3.05) is 23.7 Å². The predicted molar refractivity (Wildman–Crippen MR) is 65.9 cm³/mol. The third-order valence-corrected chi connectivity index (χ3v) is 3.35. The van der Waals surface area contributed by atoms with Gasteiger partial charge in [0.25, 0.3) is 0 Å². The van der Waals surface area contributed by atoms with E-state index in [9.17, 15) is 0 Å². The SMILES string of the molecule is Cn1nnnc1N1CCC(n2ccc(N)n2)CC1. The first kappa shape index (κ1) is 11.0. The minimum absolute atomic E-state index is 0.416. The minimum atomic E-state index is 0.416. The zero-order valence-corrected chi connectivity index (χ0v) is 10.3. The van der Waals surface area contributed by atoms with Crippen LogP contribution < -0.4 is 10.6 Å². The summed E-state index contributed by atoms with van der Waals surface area (Å²) in [5.74, 6) is 1.41. The van der Waals surface area contributed by atoms with Crippen LogP contribution in [0.1, 0.15) is 18.9 Å². The maximum atomic E-state index is 5.64. The summed E-state index contributed by atoms with van der Waals surface area (Å²) in [4.78, 5) is 2.20. The first-order valence-electron chi connectivity index (χ1n) is 6.02. The number of hydrogen-bond acceptors (Lipinski definition) is 6. The molecule has 8 nitrogen and oxygen atoms in total. The zero-order valence-electron chi connectivity index (χ0n) is 10.3. The van der Waals surface area contributed by atoms with Gasteiger partial charge < -0.3 is 10.6 Å². The normalized spacial score (nSPS) is 17.3. The van der Waals surface area contributed by atoms with Crippen LogP contribution in [0.15, 0.2) is 12.3 Å². The summed E-state index contributed by atoms with van der Waals surface area (Å²) in [7, 11) is 1.86. The Hall–Kier alpha value is -2.12. The van der Waals surface area contributed by atoms with Gasteiger partial charge in [-0.15, -0.1) is 0 Å². The summed E-state index contributed by atoms with van der Waals surface area (Å²) >= 11 is 0. The average Bonchev–Trinajstić information content (AvgIpc) is 2.98. The molecule has 3 rings (SSSR count). The molecule has 0 aromatic carbocycles. The number of rotatable bonds is 2. The van der Waals surface area contributed by atoms with E-state index in [0.717, 1.165) is 31.9 Å². The number of nitrogens with zero attached hydrogens (tertiary/aromatic N) is 7. The van der Waals surface area contributed by atoms with Gasteiger partial charge in [0.05, 0.1) is 6.04 Å². The van der Waals surface area contributed by atoms with E-state index < -0.39 is 0 Å². The van der Waals surface area contributed by atoms with Crippen molar-refractivity contribution in [3.63, 3.8) is 0 Å². The monoisotopic (exact) mass is 248 g/mol. The molecule has 96 valence electrons. The first-order valence-corrected chi connectivity index (χ1v) is 6.02. The van der Waals surface area contributed by atoms with Crippen molar-refractivity contribution in [2.24, 2.45) is 7.05 Å². The fourth-order valence-corrected chi connectivity index (χ4v) is 2.38. The van der Waals surface area contributed by atoms with Gasteiger partial charge in [-0.2, -0.15) is 5.10 Å². The summed E-state index contributed by atoms with van der Waals surface area (Å²) in [5, 5.41) is 15.8. The summed E-state index contributed by atoms with van der Waals surface area (Å²) in [6.45, 7) is 1.86. The van der Waals surface area contributed by atoms with E-state index in [2.05, 4.69) is 25.5 Å². The Labute approximate surface area is 104 Å². The van der Waals surface area contributed by atoms with Gasteiger partial charge in [-0.05, 0) is 29.3 Å². The lowest BCUT2D eigenvalue weighted by Gasteiger charge is -2.31. The van der Waals surface area contributed by atoms with Crippen molar-refractivity contribution in [3.8, 4) is 0 Å². The highest BCUT2D eigenvalue weighted by Crippen LogP contribution is 2.24. The molecule has 0 atom stereocenters. The number of piperidine rings is 1. The van der Waals surface area contributed by atoms with Crippen LogP contribution in [0.25, 0.3) is 0 Å². The van der Waals surface area contributed by atoms with Gasteiger partial charge in [0.1, 0.15) is 5.82 Å². The van der Waals surface area contributed by atoms with Crippen molar-refractivity contribution in [3.05, 3.63) is 12.3 Å². The molecule has 2 aromatic rings. The molecule has 0 saturated carbocycles. The molecule has 1 aliphatic rings. The Morgan fingerprint density at radius 3 is 2.67 bits per heavy atom. The number of nitrogens with two attached hydrogens (primary N) is 1. The Morgan fingerprint density at radius 2 is 2.11 bits per heavy atom. The van der Waals surface area contributed by atoms with Crippen molar-refractivity contribution in [1.82, 2.24) is 30.0 Å². The van der Waals surface area contributed by atoms with Gasteiger partial charge in [0, 0.05) is 26.3 Å². The maximum absolute atomic E-state index is 5.64. The number of tetrazole rings is 1. The summed E-state index contributed by atoms with van der Waals surface area (Å²) in [6, 6.07) is 2.25. The van der Waals surface area contributed by atoms with Gasteiger partial charge in [-0.3, -0.25) is 4.68 Å². The van der Waals surface area contributed by atoms with E-state index in [1.165, 1.54) is 0 Å². The largest absolute Gasteiger partial charge is 0.382 e. The molecule has 2 N–H and O–H groups in total. The molecule has 0 amide bonds. The molecule has 18 heavy (non-hydrogen) atoms. The summed E-state index contributed by atoms with van der Waals surface area (Å²) in [5.41, 5.74) is 5.64. The lowest BCUT2D eigenvalue weighted by atomic mass is 10.1. The molecule has 0 radical (unpaired) electrons. The van der Waals surface area contributed by atoms with E-state index in [1.54, 1.807) is 4.68 Å².